The Morgan fingerprint density at radius 1 is 1.20 bits per heavy atom. The van der Waals surface area contributed by atoms with Crippen LogP contribution in [0.2, 0.25) is 0 Å². The summed E-state index contributed by atoms with van der Waals surface area (Å²) in [7, 11) is 0. The molecule has 2 aliphatic rings. The second-order valence-corrected chi connectivity index (χ2v) is 6.51. The lowest BCUT2D eigenvalue weighted by atomic mass is 10.1. The maximum absolute atomic E-state index is 6.10. The Balaban J connectivity index is 0.00000225. The first-order chi connectivity index (χ1) is 11.7. The van der Waals surface area contributed by atoms with Gasteiger partial charge in [0.15, 0.2) is 5.96 Å². The molecule has 2 aliphatic heterocycles. The van der Waals surface area contributed by atoms with Gasteiger partial charge in [-0.25, -0.2) is 4.99 Å². The van der Waals surface area contributed by atoms with Gasteiger partial charge in [0.1, 0.15) is 0 Å². The zero-order valence-electron chi connectivity index (χ0n) is 14.9. The number of nitrogens with two attached hydrogens (primary N) is 1. The fourth-order valence-electron chi connectivity index (χ4n) is 3.18. The fraction of sp³-hybridized carbons (Fsp3) is 0.611. The number of aliphatic imine (C=N–C) groups is 1. The van der Waals surface area contributed by atoms with Crippen molar-refractivity contribution in [3.8, 4) is 0 Å². The maximum atomic E-state index is 6.10. The molecule has 25 heavy (non-hydrogen) atoms. The smallest absolute Gasteiger partial charge is 0.191 e. The number of guanidine groups is 1. The normalized spacial score (nSPS) is 22.5. The molecular formula is C18H29IN4O2. The van der Waals surface area contributed by atoms with Crippen LogP contribution in [0.3, 0.4) is 0 Å². The highest BCUT2D eigenvalue weighted by atomic mass is 127. The zero-order chi connectivity index (χ0) is 16.8. The van der Waals surface area contributed by atoms with E-state index in [1.165, 1.54) is 11.1 Å². The molecule has 0 aromatic heterocycles. The quantitative estimate of drug-likeness (QED) is 0.421. The summed E-state index contributed by atoms with van der Waals surface area (Å²) in [5.74, 6) is 0.616. The summed E-state index contributed by atoms with van der Waals surface area (Å²) in [6.07, 6.45) is 0.319. The third-order valence-corrected chi connectivity index (χ3v) is 4.48. The predicted octanol–water partition coefficient (Wildman–Crippen LogP) is 1.67. The highest BCUT2D eigenvalue weighted by Crippen LogP contribution is 2.13. The van der Waals surface area contributed by atoms with Gasteiger partial charge in [0.05, 0.1) is 32.5 Å². The number of benzene rings is 1. The number of morpholine rings is 2. The molecule has 2 saturated heterocycles. The van der Waals surface area contributed by atoms with E-state index in [0.717, 1.165) is 52.5 Å². The Kier molecular flexibility index (Phi) is 8.41. The molecule has 0 spiro atoms. The Bertz CT molecular complexity index is 564. The van der Waals surface area contributed by atoms with E-state index in [9.17, 15) is 0 Å². The Morgan fingerprint density at radius 3 is 2.72 bits per heavy atom. The van der Waals surface area contributed by atoms with Gasteiger partial charge in [0.2, 0.25) is 0 Å². The first-order valence-electron chi connectivity index (χ1n) is 8.75. The van der Waals surface area contributed by atoms with Crippen molar-refractivity contribution in [3.63, 3.8) is 0 Å². The SMILES string of the molecule is CC1CN(Cc2cccc(CN=C(N)N3CCOCC3)c2)CCO1.I. The topological polar surface area (TPSA) is 63.3 Å². The second kappa shape index (κ2) is 10.3. The molecule has 0 bridgehead atoms. The van der Waals surface area contributed by atoms with Gasteiger partial charge in [-0.3, -0.25) is 4.90 Å². The minimum atomic E-state index is 0. The minimum absolute atomic E-state index is 0. The summed E-state index contributed by atoms with van der Waals surface area (Å²) < 4.78 is 10.9. The van der Waals surface area contributed by atoms with Gasteiger partial charge in [0, 0.05) is 32.7 Å². The van der Waals surface area contributed by atoms with E-state index >= 15 is 0 Å². The van der Waals surface area contributed by atoms with Crippen LogP contribution < -0.4 is 5.73 Å². The predicted molar refractivity (Wildman–Crippen MR) is 110 cm³/mol. The summed E-state index contributed by atoms with van der Waals surface area (Å²) in [6.45, 7) is 9.62. The van der Waals surface area contributed by atoms with Gasteiger partial charge in [-0.15, -0.1) is 24.0 Å². The van der Waals surface area contributed by atoms with Crippen molar-refractivity contribution in [2.45, 2.75) is 26.1 Å². The summed E-state index contributed by atoms with van der Waals surface area (Å²) >= 11 is 0. The van der Waals surface area contributed by atoms with Gasteiger partial charge in [-0.2, -0.15) is 0 Å². The van der Waals surface area contributed by atoms with Crippen molar-refractivity contribution in [1.29, 1.82) is 0 Å². The first-order valence-corrected chi connectivity index (χ1v) is 8.75. The first kappa shape index (κ1) is 20.4. The standard InChI is InChI=1S/C18H28N4O2.HI/c1-15-13-21(5-10-24-15)14-17-4-2-3-16(11-17)12-20-18(19)22-6-8-23-9-7-22;/h2-4,11,15H,5-10,12-14H2,1H3,(H2,19,20);1H. The van der Waals surface area contributed by atoms with Crippen LogP contribution in [-0.2, 0) is 22.6 Å². The molecule has 3 rings (SSSR count). The van der Waals surface area contributed by atoms with E-state index in [4.69, 9.17) is 15.2 Å². The number of hydrogen-bond donors (Lipinski definition) is 1. The van der Waals surface area contributed by atoms with Crippen LogP contribution in [0, 0.1) is 0 Å². The van der Waals surface area contributed by atoms with E-state index in [1.807, 2.05) is 0 Å². The molecule has 2 heterocycles. The molecule has 2 N–H and O–H groups in total. The Hall–Kier alpha value is -0.900. The summed E-state index contributed by atoms with van der Waals surface area (Å²) in [5.41, 5.74) is 8.62. The van der Waals surface area contributed by atoms with Crippen LogP contribution in [-0.4, -0.2) is 67.9 Å². The van der Waals surface area contributed by atoms with Crippen LogP contribution >= 0.6 is 24.0 Å². The molecule has 1 unspecified atom stereocenters. The Labute approximate surface area is 167 Å². The fourth-order valence-corrected chi connectivity index (χ4v) is 3.18. The number of halogens is 1. The van der Waals surface area contributed by atoms with Crippen LogP contribution in [0.25, 0.3) is 0 Å². The van der Waals surface area contributed by atoms with Crippen molar-refractivity contribution in [1.82, 2.24) is 9.80 Å². The lowest BCUT2D eigenvalue weighted by Gasteiger charge is -2.31. The number of rotatable bonds is 4. The highest BCUT2D eigenvalue weighted by Gasteiger charge is 2.16. The van der Waals surface area contributed by atoms with E-state index in [0.29, 0.717) is 18.6 Å². The monoisotopic (exact) mass is 460 g/mol. The van der Waals surface area contributed by atoms with E-state index in [2.05, 4.69) is 46.0 Å². The van der Waals surface area contributed by atoms with E-state index < -0.39 is 0 Å². The van der Waals surface area contributed by atoms with Crippen molar-refractivity contribution >= 4 is 29.9 Å². The van der Waals surface area contributed by atoms with Crippen molar-refractivity contribution < 1.29 is 9.47 Å². The van der Waals surface area contributed by atoms with Crippen LogP contribution in [0.4, 0.5) is 0 Å². The third-order valence-electron chi connectivity index (χ3n) is 4.48. The molecular weight excluding hydrogens is 431 g/mol. The van der Waals surface area contributed by atoms with Gasteiger partial charge < -0.3 is 20.1 Å². The van der Waals surface area contributed by atoms with Gasteiger partial charge in [-0.1, -0.05) is 24.3 Å². The molecule has 0 radical (unpaired) electrons. The molecule has 2 fully saturated rings. The molecule has 140 valence electrons. The van der Waals surface area contributed by atoms with Gasteiger partial charge in [-0.05, 0) is 18.1 Å². The van der Waals surface area contributed by atoms with Crippen LogP contribution in [0.15, 0.2) is 29.3 Å². The molecule has 1 atom stereocenters. The summed E-state index contributed by atoms with van der Waals surface area (Å²) in [4.78, 5) is 9.08. The lowest BCUT2D eigenvalue weighted by molar-refractivity contribution is -0.0212. The number of ether oxygens (including phenoxy) is 2. The van der Waals surface area contributed by atoms with Crippen molar-refractivity contribution in [2.75, 3.05) is 46.0 Å². The van der Waals surface area contributed by atoms with Crippen molar-refractivity contribution in [2.24, 2.45) is 10.7 Å². The minimum Gasteiger partial charge on any atom is -0.378 e. The third kappa shape index (κ3) is 6.40. The maximum Gasteiger partial charge on any atom is 0.191 e. The molecule has 1 aromatic rings. The summed E-state index contributed by atoms with van der Waals surface area (Å²) in [5, 5.41) is 0. The van der Waals surface area contributed by atoms with Crippen LogP contribution in [0.1, 0.15) is 18.1 Å². The zero-order valence-corrected chi connectivity index (χ0v) is 17.2. The Morgan fingerprint density at radius 2 is 1.96 bits per heavy atom. The largest absolute Gasteiger partial charge is 0.378 e. The average molecular weight is 460 g/mol. The molecule has 0 aliphatic carbocycles. The summed E-state index contributed by atoms with van der Waals surface area (Å²) in [6, 6.07) is 8.63. The lowest BCUT2D eigenvalue weighted by Crippen LogP contribution is -2.44. The number of hydrogen-bond acceptors (Lipinski definition) is 4. The molecule has 6 nitrogen and oxygen atoms in total. The highest BCUT2D eigenvalue weighted by molar-refractivity contribution is 14.0. The number of nitrogens with zero attached hydrogens (tertiary/aromatic N) is 3. The van der Waals surface area contributed by atoms with Gasteiger partial charge >= 0.3 is 0 Å². The van der Waals surface area contributed by atoms with E-state index in [1.54, 1.807) is 0 Å². The van der Waals surface area contributed by atoms with E-state index in [-0.39, 0.29) is 24.0 Å². The van der Waals surface area contributed by atoms with Crippen molar-refractivity contribution in [3.05, 3.63) is 35.4 Å². The molecule has 7 heteroatoms. The van der Waals surface area contributed by atoms with Gasteiger partial charge in [0.25, 0.3) is 0 Å². The second-order valence-electron chi connectivity index (χ2n) is 6.51. The molecule has 0 amide bonds. The molecule has 0 saturated carbocycles. The molecule has 1 aromatic carbocycles. The van der Waals surface area contributed by atoms with Crippen LogP contribution in [0.5, 0.6) is 0 Å². The average Bonchev–Trinajstić information content (AvgIpc) is 2.61.